The first-order chi connectivity index (χ1) is 17.9. The number of halogens is 2. The second-order valence-corrected chi connectivity index (χ2v) is 10.1. The monoisotopic (exact) mass is 597 g/mol. The van der Waals surface area contributed by atoms with E-state index < -0.39 is 11.9 Å². The van der Waals surface area contributed by atoms with E-state index in [0.717, 1.165) is 27.4 Å². The highest BCUT2D eigenvalue weighted by atomic mass is 79.9. The lowest BCUT2D eigenvalue weighted by molar-refractivity contribution is -0.138. The Morgan fingerprint density at radius 2 is 1.76 bits per heavy atom. The molecule has 0 fully saturated rings. The van der Waals surface area contributed by atoms with Crippen molar-refractivity contribution in [1.29, 1.82) is 0 Å². The summed E-state index contributed by atoms with van der Waals surface area (Å²) in [6.45, 7) is 2.18. The van der Waals surface area contributed by atoms with Crippen LogP contribution in [0.15, 0.2) is 98.5 Å². The van der Waals surface area contributed by atoms with E-state index in [0.29, 0.717) is 17.3 Å². The molecule has 0 unspecified atom stereocenters. The number of carbonyl (C=O) groups excluding carboxylic acids is 2. The number of aliphatic hydroxyl groups excluding tert-OH is 1. The van der Waals surface area contributed by atoms with Crippen LogP contribution in [0.1, 0.15) is 28.4 Å². The van der Waals surface area contributed by atoms with E-state index in [1.165, 1.54) is 0 Å². The highest BCUT2D eigenvalue weighted by Gasteiger charge is 2.34. The third-order valence-electron chi connectivity index (χ3n) is 5.17. The van der Waals surface area contributed by atoms with Gasteiger partial charge in [0.15, 0.2) is 0 Å². The summed E-state index contributed by atoms with van der Waals surface area (Å²) < 4.78 is 11.9. The number of aliphatic hydroxyl groups is 1. The molecule has 3 aromatic rings. The number of hydrogen-bond acceptors (Lipinski definition) is 6. The molecule has 0 aromatic heterocycles. The largest absolute Gasteiger partial charge is 0.506 e. The molecular formula is C28H21BrClNO5S. The highest BCUT2D eigenvalue weighted by Crippen LogP contribution is 2.39. The van der Waals surface area contributed by atoms with Crippen LogP contribution in [0.3, 0.4) is 0 Å². The number of benzene rings is 3. The maximum atomic E-state index is 12.8. The van der Waals surface area contributed by atoms with Crippen LogP contribution in [0.2, 0.25) is 5.02 Å². The Bertz CT molecular complexity index is 1420. The maximum absolute atomic E-state index is 12.8. The summed E-state index contributed by atoms with van der Waals surface area (Å²) in [5.41, 5.74) is 1.83. The van der Waals surface area contributed by atoms with Gasteiger partial charge in [0.05, 0.1) is 22.1 Å². The van der Waals surface area contributed by atoms with Gasteiger partial charge in [0, 0.05) is 4.47 Å². The summed E-state index contributed by atoms with van der Waals surface area (Å²) in [6.07, 6.45) is 1.69. The van der Waals surface area contributed by atoms with Crippen LogP contribution in [0.25, 0.3) is 6.08 Å². The summed E-state index contributed by atoms with van der Waals surface area (Å²) in [4.78, 5) is 29.8. The van der Waals surface area contributed by atoms with Crippen molar-refractivity contribution in [1.82, 2.24) is 0 Å². The zero-order valence-corrected chi connectivity index (χ0v) is 22.8. The van der Waals surface area contributed by atoms with Gasteiger partial charge in [0.1, 0.15) is 28.7 Å². The summed E-state index contributed by atoms with van der Waals surface area (Å²) in [6, 6.07) is 21.6. The van der Waals surface area contributed by atoms with Crippen molar-refractivity contribution in [3.8, 4) is 5.75 Å². The number of rotatable bonds is 7. The van der Waals surface area contributed by atoms with Gasteiger partial charge in [0.25, 0.3) is 5.91 Å². The number of thioether (sulfide) groups is 1. The quantitative estimate of drug-likeness (QED) is 0.286. The third kappa shape index (κ3) is 6.71. The molecule has 0 spiro atoms. The normalized spacial score (nSPS) is 15.3. The molecule has 1 heterocycles. The minimum atomic E-state index is -0.765. The zero-order valence-electron chi connectivity index (χ0n) is 19.6. The molecule has 6 nitrogen and oxygen atoms in total. The number of hydrogen-bond donors (Lipinski definition) is 1. The van der Waals surface area contributed by atoms with Gasteiger partial charge in [0.2, 0.25) is 0 Å². The van der Waals surface area contributed by atoms with E-state index in [2.05, 4.69) is 20.9 Å². The molecule has 0 saturated carbocycles. The van der Waals surface area contributed by atoms with Crippen LogP contribution in [0, 0.1) is 0 Å². The van der Waals surface area contributed by atoms with E-state index in [-0.39, 0.29) is 33.6 Å². The lowest BCUT2D eigenvalue weighted by Crippen LogP contribution is -2.14. The van der Waals surface area contributed by atoms with Crippen molar-refractivity contribution in [2.75, 3.05) is 6.61 Å². The van der Waals surface area contributed by atoms with E-state index in [1.54, 1.807) is 37.3 Å². The number of aliphatic imine (C=N–C) groups is 1. The fourth-order valence-corrected chi connectivity index (χ4v) is 4.83. The Labute approximate surface area is 231 Å². The molecule has 1 amide bonds. The molecule has 37 heavy (non-hydrogen) atoms. The molecule has 9 heteroatoms. The number of ether oxygens (including phenoxy) is 2. The van der Waals surface area contributed by atoms with Gasteiger partial charge in [-0.1, -0.05) is 75.7 Å². The molecule has 0 aliphatic carbocycles. The van der Waals surface area contributed by atoms with Crippen molar-refractivity contribution in [2.24, 2.45) is 4.99 Å². The Morgan fingerprint density at radius 1 is 1.05 bits per heavy atom. The van der Waals surface area contributed by atoms with Gasteiger partial charge < -0.3 is 14.6 Å². The molecular weight excluding hydrogens is 578 g/mol. The average Bonchev–Trinajstić information content (AvgIpc) is 3.19. The van der Waals surface area contributed by atoms with Crippen LogP contribution in [0.5, 0.6) is 5.75 Å². The summed E-state index contributed by atoms with van der Waals surface area (Å²) >= 11 is 10.5. The Morgan fingerprint density at radius 3 is 2.43 bits per heavy atom. The van der Waals surface area contributed by atoms with Crippen molar-refractivity contribution < 1.29 is 24.2 Å². The van der Waals surface area contributed by atoms with Crippen molar-refractivity contribution >= 4 is 62.3 Å². The molecule has 0 saturated heterocycles. The van der Waals surface area contributed by atoms with Gasteiger partial charge in [-0.15, -0.1) is 0 Å². The van der Waals surface area contributed by atoms with Gasteiger partial charge >= 0.3 is 5.97 Å². The molecule has 188 valence electrons. The summed E-state index contributed by atoms with van der Waals surface area (Å²) in [7, 11) is 0. The fraction of sp³-hybridized carbons (Fsp3) is 0.107. The minimum Gasteiger partial charge on any atom is -0.506 e. The lowest BCUT2D eigenvalue weighted by atomic mass is 10.1. The number of carbonyl (C=O) groups is 2. The van der Waals surface area contributed by atoms with E-state index in [4.69, 9.17) is 21.1 Å². The number of amides is 1. The van der Waals surface area contributed by atoms with Gasteiger partial charge in [-0.2, -0.15) is 0 Å². The first kappa shape index (κ1) is 26.7. The van der Waals surface area contributed by atoms with Gasteiger partial charge in [-0.25, -0.2) is 9.79 Å². The van der Waals surface area contributed by atoms with Crippen LogP contribution in [-0.4, -0.2) is 28.6 Å². The Balaban J connectivity index is 1.55. The van der Waals surface area contributed by atoms with E-state index in [9.17, 15) is 14.7 Å². The zero-order chi connectivity index (χ0) is 26.4. The van der Waals surface area contributed by atoms with Crippen molar-refractivity contribution in [3.05, 3.63) is 115 Å². The van der Waals surface area contributed by atoms with Gasteiger partial charge in [-0.3, -0.25) is 4.79 Å². The first-order valence-electron chi connectivity index (χ1n) is 11.2. The second kappa shape index (κ2) is 12.3. The standard InChI is InChI=1S/C28H21BrClNO5S/c1-2-35-28(34)24-25(32)23(37-27(24)31-26(33)21-5-3-4-6-22(21)30)15-17-9-13-20(14-10-17)36-16-18-7-11-19(29)12-8-18/h3-15,32H,2,16H2,1H3/b23-15-,31-27?. The summed E-state index contributed by atoms with van der Waals surface area (Å²) in [5, 5.41) is 11.1. The van der Waals surface area contributed by atoms with Crippen LogP contribution in [-0.2, 0) is 16.1 Å². The fourth-order valence-electron chi connectivity index (χ4n) is 3.34. The number of nitrogens with zero attached hydrogens (tertiary/aromatic N) is 1. The second-order valence-electron chi connectivity index (χ2n) is 7.74. The predicted octanol–water partition coefficient (Wildman–Crippen LogP) is 7.38. The Hall–Kier alpha value is -3.33. The number of esters is 1. The average molecular weight is 599 g/mol. The smallest absolute Gasteiger partial charge is 0.344 e. The van der Waals surface area contributed by atoms with Crippen LogP contribution >= 0.6 is 39.3 Å². The SMILES string of the molecule is CCOC(=O)C1=C(O)/C(=C/c2ccc(OCc3ccc(Br)cc3)cc2)SC1=NC(=O)c1ccccc1Cl. The Kier molecular flexibility index (Phi) is 8.87. The lowest BCUT2D eigenvalue weighted by Gasteiger charge is -2.07. The molecule has 0 radical (unpaired) electrons. The minimum absolute atomic E-state index is 0.0431. The van der Waals surface area contributed by atoms with Gasteiger partial charge in [-0.05, 0) is 60.5 Å². The molecule has 0 bridgehead atoms. The summed E-state index contributed by atoms with van der Waals surface area (Å²) in [5.74, 6) is -1.01. The third-order valence-corrected chi connectivity index (χ3v) is 7.05. The van der Waals surface area contributed by atoms with E-state index >= 15 is 0 Å². The highest BCUT2D eigenvalue weighted by molar-refractivity contribution is 9.10. The van der Waals surface area contributed by atoms with Crippen LogP contribution < -0.4 is 4.74 Å². The molecule has 1 N–H and O–H groups in total. The topological polar surface area (TPSA) is 85.2 Å². The molecule has 3 aromatic carbocycles. The van der Waals surface area contributed by atoms with Crippen molar-refractivity contribution in [3.63, 3.8) is 0 Å². The maximum Gasteiger partial charge on any atom is 0.344 e. The molecule has 0 atom stereocenters. The van der Waals surface area contributed by atoms with Crippen molar-refractivity contribution in [2.45, 2.75) is 13.5 Å². The van der Waals surface area contributed by atoms with Crippen LogP contribution in [0.4, 0.5) is 0 Å². The molecule has 4 rings (SSSR count). The predicted molar refractivity (Wildman–Crippen MR) is 150 cm³/mol. The van der Waals surface area contributed by atoms with E-state index in [1.807, 2.05) is 48.5 Å². The first-order valence-corrected chi connectivity index (χ1v) is 13.2. The molecule has 1 aliphatic heterocycles. The molecule has 1 aliphatic rings.